The number of nitrogens with zero attached hydrogens (tertiary/aromatic N) is 3. The Morgan fingerprint density at radius 2 is 2.00 bits per heavy atom. The van der Waals surface area contributed by atoms with E-state index in [1.807, 2.05) is 43.3 Å². The lowest BCUT2D eigenvalue weighted by molar-refractivity contribution is -0.166. The smallest absolute Gasteiger partial charge is 0.312 e. The van der Waals surface area contributed by atoms with E-state index in [9.17, 15) is 19.8 Å². The van der Waals surface area contributed by atoms with Crippen LogP contribution in [0.25, 0.3) is 0 Å². The Kier molecular flexibility index (Phi) is 5.60. The van der Waals surface area contributed by atoms with Gasteiger partial charge in [0, 0.05) is 37.9 Å². The van der Waals surface area contributed by atoms with Crippen LogP contribution in [0.2, 0.25) is 0 Å². The fourth-order valence-electron chi connectivity index (χ4n) is 3.69. The Balaban J connectivity index is 1.65. The first-order valence-corrected chi connectivity index (χ1v) is 9.14. The predicted octanol–water partition coefficient (Wildman–Crippen LogP) is 1.49. The zero-order chi connectivity index (χ0) is 19.4. The number of aryl methyl sites for hydroxylation is 2. The number of carbonyl (C=O) groups is 2. The number of aliphatic carboxylic acids is 1. The molecule has 1 aliphatic rings. The lowest BCUT2D eigenvalue weighted by atomic mass is 9.71. The maximum Gasteiger partial charge on any atom is 0.312 e. The largest absolute Gasteiger partial charge is 0.481 e. The lowest BCUT2D eigenvalue weighted by Gasteiger charge is -2.43. The molecule has 27 heavy (non-hydrogen) atoms. The van der Waals surface area contributed by atoms with Gasteiger partial charge in [-0.1, -0.05) is 30.3 Å². The van der Waals surface area contributed by atoms with Gasteiger partial charge in [0.1, 0.15) is 5.41 Å². The van der Waals surface area contributed by atoms with Crippen molar-refractivity contribution >= 4 is 11.9 Å². The minimum absolute atomic E-state index is 0.0378. The average molecular weight is 371 g/mol. The Labute approximate surface area is 158 Å². The molecule has 0 aliphatic carbocycles. The van der Waals surface area contributed by atoms with E-state index in [2.05, 4.69) is 5.10 Å². The lowest BCUT2D eigenvalue weighted by Crippen LogP contribution is -2.57. The van der Waals surface area contributed by atoms with Gasteiger partial charge in [0.25, 0.3) is 0 Å². The molecule has 7 heteroatoms. The molecule has 2 atom stereocenters. The fraction of sp³-hybridized carbons (Fsp3) is 0.450. The van der Waals surface area contributed by atoms with Crippen LogP contribution >= 0.6 is 0 Å². The topological polar surface area (TPSA) is 95.7 Å². The Morgan fingerprint density at radius 1 is 1.26 bits per heavy atom. The number of β-amino-alcohol motifs (C(OH)–C–C–N with tert-alkyl or cyclic N) is 1. The number of piperidine rings is 1. The first-order valence-electron chi connectivity index (χ1n) is 9.14. The van der Waals surface area contributed by atoms with Gasteiger partial charge in [0.2, 0.25) is 5.91 Å². The SMILES string of the molecule is Cc1ccnn1CCC(=O)N1CC[C@](Cc2ccccc2)(C(=O)O)[C@H](O)C1. The Hall–Kier alpha value is -2.67. The van der Waals surface area contributed by atoms with Crippen LogP contribution in [-0.2, 0) is 22.6 Å². The Morgan fingerprint density at radius 3 is 2.59 bits per heavy atom. The van der Waals surface area contributed by atoms with Crippen LogP contribution in [0.4, 0.5) is 0 Å². The number of carboxylic acid groups (broad SMARTS) is 1. The molecule has 7 nitrogen and oxygen atoms in total. The minimum Gasteiger partial charge on any atom is -0.481 e. The molecular weight excluding hydrogens is 346 g/mol. The van der Waals surface area contributed by atoms with E-state index in [0.29, 0.717) is 13.1 Å². The van der Waals surface area contributed by atoms with E-state index in [-0.39, 0.29) is 31.7 Å². The highest BCUT2D eigenvalue weighted by Gasteiger charge is 2.49. The average Bonchev–Trinajstić information content (AvgIpc) is 3.07. The van der Waals surface area contributed by atoms with Gasteiger partial charge < -0.3 is 15.1 Å². The van der Waals surface area contributed by atoms with Crippen molar-refractivity contribution in [3.05, 3.63) is 53.9 Å². The number of aliphatic hydroxyl groups is 1. The van der Waals surface area contributed by atoms with Crippen molar-refractivity contribution in [2.45, 2.75) is 38.8 Å². The maximum absolute atomic E-state index is 12.5. The molecule has 2 heterocycles. The third-order valence-electron chi connectivity index (χ3n) is 5.47. The zero-order valence-corrected chi connectivity index (χ0v) is 15.4. The molecule has 2 aromatic rings. The van der Waals surface area contributed by atoms with Crippen molar-refractivity contribution in [2.24, 2.45) is 5.41 Å². The summed E-state index contributed by atoms with van der Waals surface area (Å²) in [6.07, 6.45) is 1.33. The number of hydrogen-bond acceptors (Lipinski definition) is 4. The first-order chi connectivity index (χ1) is 12.9. The number of aromatic nitrogens is 2. The van der Waals surface area contributed by atoms with Crippen molar-refractivity contribution in [3.63, 3.8) is 0 Å². The van der Waals surface area contributed by atoms with Crippen molar-refractivity contribution in [1.82, 2.24) is 14.7 Å². The summed E-state index contributed by atoms with van der Waals surface area (Å²) < 4.78 is 1.76. The quantitative estimate of drug-likeness (QED) is 0.802. The van der Waals surface area contributed by atoms with Crippen LogP contribution in [0.5, 0.6) is 0 Å². The van der Waals surface area contributed by atoms with Gasteiger partial charge in [0.15, 0.2) is 0 Å². The molecule has 1 amide bonds. The van der Waals surface area contributed by atoms with Gasteiger partial charge >= 0.3 is 5.97 Å². The van der Waals surface area contributed by atoms with E-state index in [4.69, 9.17) is 0 Å². The van der Waals surface area contributed by atoms with Crippen LogP contribution in [0.1, 0.15) is 24.1 Å². The molecule has 2 N–H and O–H groups in total. The van der Waals surface area contributed by atoms with E-state index >= 15 is 0 Å². The highest BCUT2D eigenvalue weighted by atomic mass is 16.4. The van der Waals surface area contributed by atoms with Crippen molar-refractivity contribution in [2.75, 3.05) is 13.1 Å². The molecule has 0 bridgehead atoms. The van der Waals surface area contributed by atoms with Gasteiger partial charge in [-0.25, -0.2) is 0 Å². The number of rotatable bonds is 6. The summed E-state index contributed by atoms with van der Waals surface area (Å²) in [6, 6.07) is 11.2. The molecule has 1 fully saturated rings. The van der Waals surface area contributed by atoms with Gasteiger partial charge in [-0.05, 0) is 31.4 Å². The normalized spacial score (nSPS) is 22.6. The molecule has 144 valence electrons. The number of carbonyl (C=O) groups excluding carboxylic acids is 1. The predicted molar refractivity (Wildman–Crippen MR) is 99.0 cm³/mol. The number of hydrogen-bond donors (Lipinski definition) is 2. The molecule has 1 aliphatic heterocycles. The number of carboxylic acids is 1. The van der Waals surface area contributed by atoms with E-state index in [1.165, 1.54) is 0 Å². The standard InChI is InChI=1S/C20H25N3O4/c1-15-7-10-21-23(15)11-8-18(25)22-12-9-20(19(26)27,17(24)14-22)13-16-5-3-2-4-6-16/h2-7,10,17,24H,8-9,11-14H2,1H3,(H,26,27)/t17-,20-/m1/s1. The van der Waals surface area contributed by atoms with E-state index < -0.39 is 17.5 Å². The minimum atomic E-state index is -1.27. The third kappa shape index (κ3) is 4.03. The van der Waals surface area contributed by atoms with Crippen molar-refractivity contribution in [3.8, 4) is 0 Å². The van der Waals surface area contributed by atoms with Crippen LogP contribution in [-0.4, -0.2) is 56.0 Å². The summed E-state index contributed by atoms with van der Waals surface area (Å²) in [7, 11) is 0. The maximum atomic E-state index is 12.5. The first kappa shape index (κ1) is 19.1. The fourth-order valence-corrected chi connectivity index (χ4v) is 3.69. The summed E-state index contributed by atoms with van der Waals surface area (Å²) in [5, 5.41) is 24.7. The van der Waals surface area contributed by atoms with Crippen molar-refractivity contribution < 1.29 is 19.8 Å². The molecule has 3 rings (SSSR count). The van der Waals surface area contributed by atoms with Gasteiger partial charge in [0.05, 0.1) is 6.10 Å². The van der Waals surface area contributed by atoms with Crippen LogP contribution in [0.3, 0.4) is 0 Å². The summed E-state index contributed by atoms with van der Waals surface area (Å²) in [4.78, 5) is 26.1. The molecule has 1 aromatic carbocycles. The number of aliphatic hydroxyl groups excluding tert-OH is 1. The summed E-state index contributed by atoms with van der Waals surface area (Å²) in [5.41, 5.74) is 0.582. The molecule has 1 aromatic heterocycles. The Bertz CT molecular complexity index is 805. The van der Waals surface area contributed by atoms with Crippen LogP contribution in [0, 0.1) is 12.3 Å². The molecule has 0 spiro atoms. The highest BCUT2D eigenvalue weighted by molar-refractivity contribution is 5.79. The summed E-state index contributed by atoms with van der Waals surface area (Å²) in [5.74, 6) is -1.11. The highest BCUT2D eigenvalue weighted by Crippen LogP contribution is 2.36. The second-order valence-corrected chi connectivity index (χ2v) is 7.17. The number of likely N-dealkylation sites (tertiary alicyclic amines) is 1. The van der Waals surface area contributed by atoms with E-state index in [0.717, 1.165) is 11.3 Å². The second kappa shape index (κ2) is 7.92. The van der Waals surface area contributed by atoms with Gasteiger partial charge in [-0.3, -0.25) is 14.3 Å². The molecule has 0 saturated carbocycles. The number of benzene rings is 1. The number of amides is 1. The molecular formula is C20H25N3O4. The van der Waals surface area contributed by atoms with Gasteiger partial charge in [-0.2, -0.15) is 5.10 Å². The molecule has 0 radical (unpaired) electrons. The van der Waals surface area contributed by atoms with Crippen molar-refractivity contribution in [1.29, 1.82) is 0 Å². The zero-order valence-electron chi connectivity index (χ0n) is 15.4. The van der Waals surface area contributed by atoms with E-state index in [1.54, 1.807) is 15.8 Å². The van der Waals surface area contributed by atoms with Crippen LogP contribution in [0.15, 0.2) is 42.6 Å². The monoisotopic (exact) mass is 371 g/mol. The van der Waals surface area contributed by atoms with Crippen LogP contribution < -0.4 is 0 Å². The molecule has 1 saturated heterocycles. The summed E-state index contributed by atoms with van der Waals surface area (Å²) >= 11 is 0. The summed E-state index contributed by atoms with van der Waals surface area (Å²) in [6.45, 7) is 2.76. The van der Waals surface area contributed by atoms with Gasteiger partial charge in [-0.15, -0.1) is 0 Å². The third-order valence-corrected chi connectivity index (χ3v) is 5.47. The molecule has 0 unspecified atom stereocenters. The second-order valence-electron chi connectivity index (χ2n) is 7.17.